The van der Waals surface area contributed by atoms with Crippen LogP contribution in [0.3, 0.4) is 0 Å². The van der Waals surface area contributed by atoms with E-state index in [1.807, 2.05) is 0 Å². The van der Waals surface area contributed by atoms with E-state index in [2.05, 4.69) is 15.0 Å². The van der Waals surface area contributed by atoms with E-state index in [9.17, 15) is 9.59 Å². The molecule has 0 unspecified atom stereocenters. The van der Waals surface area contributed by atoms with E-state index >= 15 is 0 Å². The molecule has 0 amide bonds. The number of rotatable bonds is 2. The van der Waals surface area contributed by atoms with Gasteiger partial charge in [-0.3, -0.25) is 14.6 Å². The zero-order valence-corrected chi connectivity index (χ0v) is 9.82. The summed E-state index contributed by atoms with van der Waals surface area (Å²) in [5.74, 6) is 0. The number of aromatic nitrogens is 3. The summed E-state index contributed by atoms with van der Waals surface area (Å²) in [6.45, 7) is 1.70. The number of H-pyrrole nitrogens is 1. The van der Waals surface area contributed by atoms with Crippen molar-refractivity contribution < 1.29 is 4.79 Å². The van der Waals surface area contributed by atoms with Gasteiger partial charge in [0.25, 0.3) is 5.56 Å². The van der Waals surface area contributed by atoms with Crippen LogP contribution >= 0.6 is 11.8 Å². The predicted molar refractivity (Wildman–Crippen MR) is 64.0 cm³/mol. The van der Waals surface area contributed by atoms with Gasteiger partial charge in [0.2, 0.25) is 5.12 Å². The second-order valence-corrected chi connectivity index (χ2v) is 4.28. The number of thioether (sulfide) groups is 1. The number of carbonyl (C=O) groups is 1. The van der Waals surface area contributed by atoms with E-state index in [-0.39, 0.29) is 10.7 Å². The largest absolute Gasteiger partial charge is 0.301 e. The first-order valence-electron chi connectivity index (χ1n) is 4.85. The van der Waals surface area contributed by atoms with Crippen LogP contribution < -0.4 is 5.56 Å². The minimum atomic E-state index is -0.265. The van der Waals surface area contributed by atoms with Gasteiger partial charge in [0.05, 0.1) is 0 Å². The van der Waals surface area contributed by atoms with Gasteiger partial charge < -0.3 is 4.98 Å². The van der Waals surface area contributed by atoms with E-state index in [4.69, 9.17) is 0 Å². The van der Waals surface area contributed by atoms with Crippen molar-refractivity contribution in [2.75, 3.05) is 0 Å². The highest BCUT2D eigenvalue weighted by atomic mass is 32.2. The first kappa shape index (κ1) is 11.5. The third-order valence-electron chi connectivity index (χ3n) is 1.93. The molecule has 0 radical (unpaired) electrons. The number of pyridine rings is 1. The average molecular weight is 247 g/mol. The van der Waals surface area contributed by atoms with Gasteiger partial charge in [-0.05, 0) is 30.8 Å². The quantitative estimate of drug-likeness (QED) is 0.641. The van der Waals surface area contributed by atoms with Gasteiger partial charge in [0, 0.05) is 29.7 Å². The molecule has 0 fully saturated rings. The van der Waals surface area contributed by atoms with Gasteiger partial charge in [-0.2, -0.15) is 0 Å². The molecule has 0 saturated carbocycles. The number of carbonyl (C=O) groups excluding carboxylic acids is 1. The van der Waals surface area contributed by atoms with Gasteiger partial charge in [-0.15, -0.1) is 0 Å². The maximum Gasteiger partial charge on any atom is 0.251 e. The normalized spacial score (nSPS) is 10.2. The Hall–Kier alpha value is -1.95. The molecule has 2 heterocycles. The van der Waals surface area contributed by atoms with E-state index < -0.39 is 0 Å². The summed E-state index contributed by atoms with van der Waals surface area (Å²) in [5.41, 5.74) is 0.788. The summed E-state index contributed by atoms with van der Waals surface area (Å²) in [4.78, 5) is 33.4. The van der Waals surface area contributed by atoms with Gasteiger partial charge >= 0.3 is 0 Å². The van der Waals surface area contributed by atoms with Crippen molar-refractivity contribution in [1.29, 1.82) is 0 Å². The third-order valence-corrected chi connectivity index (χ3v) is 2.74. The molecule has 2 aromatic heterocycles. The lowest BCUT2D eigenvalue weighted by atomic mass is 10.3. The summed E-state index contributed by atoms with van der Waals surface area (Å²) in [6, 6.07) is 4.72. The van der Waals surface area contributed by atoms with Crippen LogP contribution in [0, 0.1) is 6.92 Å². The van der Waals surface area contributed by atoms with E-state index in [1.165, 1.54) is 12.3 Å². The van der Waals surface area contributed by atoms with E-state index in [1.54, 1.807) is 25.3 Å². The molecule has 0 saturated heterocycles. The van der Waals surface area contributed by atoms with Crippen molar-refractivity contribution >= 4 is 16.9 Å². The molecule has 17 heavy (non-hydrogen) atoms. The maximum absolute atomic E-state index is 11.8. The first-order valence-corrected chi connectivity index (χ1v) is 5.67. The molecule has 0 aliphatic carbocycles. The molecular weight excluding hydrogens is 238 g/mol. The van der Waals surface area contributed by atoms with Crippen molar-refractivity contribution in [3.8, 4) is 0 Å². The van der Waals surface area contributed by atoms with Crippen LogP contribution in [0.15, 0.2) is 40.5 Å². The van der Waals surface area contributed by atoms with Gasteiger partial charge in [0.1, 0.15) is 0 Å². The fourth-order valence-electron chi connectivity index (χ4n) is 1.23. The van der Waals surface area contributed by atoms with Gasteiger partial charge in [0.15, 0.2) is 5.16 Å². The highest BCUT2D eigenvalue weighted by molar-refractivity contribution is 8.14. The van der Waals surface area contributed by atoms with Gasteiger partial charge in [-0.1, -0.05) is 0 Å². The molecule has 2 aromatic rings. The van der Waals surface area contributed by atoms with Crippen LogP contribution in [0.1, 0.15) is 16.1 Å². The lowest BCUT2D eigenvalue weighted by Crippen LogP contribution is -2.09. The van der Waals surface area contributed by atoms with Crippen molar-refractivity contribution in [1.82, 2.24) is 15.0 Å². The summed E-state index contributed by atoms with van der Waals surface area (Å²) >= 11 is 0.879. The van der Waals surface area contributed by atoms with E-state index in [0.29, 0.717) is 16.4 Å². The highest BCUT2D eigenvalue weighted by Gasteiger charge is 2.10. The lowest BCUT2D eigenvalue weighted by Gasteiger charge is -2.00. The lowest BCUT2D eigenvalue weighted by molar-refractivity contribution is 0.108. The van der Waals surface area contributed by atoms with Gasteiger partial charge in [-0.25, -0.2) is 4.98 Å². The monoisotopic (exact) mass is 247 g/mol. The van der Waals surface area contributed by atoms with E-state index in [0.717, 1.165) is 11.8 Å². The number of hydrogen-bond acceptors (Lipinski definition) is 5. The smallest absolute Gasteiger partial charge is 0.251 e. The van der Waals surface area contributed by atoms with Crippen molar-refractivity contribution in [3.63, 3.8) is 0 Å². The Labute approximate surface area is 101 Å². The Morgan fingerprint density at radius 3 is 2.94 bits per heavy atom. The molecule has 0 aliphatic heterocycles. The maximum atomic E-state index is 11.8. The Morgan fingerprint density at radius 1 is 1.47 bits per heavy atom. The third kappa shape index (κ3) is 3.01. The topological polar surface area (TPSA) is 75.7 Å². The molecular formula is C11H9N3O2S. The second-order valence-electron chi connectivity index (χ2n) is 3.32. The first-order chi connectivity index (χ1) is 8.15. The highest BCUT2D eigenvalue weighted by Crippen LogP contribution is 2.17. The molecule has 6 heteroatoms. The predicted octanol–water partition coefficient (Wildman–Crippen LogP) is 1.41. The summed E-state index contributed by atoms with van der Waals surface area (Å²) in [6.07, 6.45) is 3.07. The van der Waals surface area contributed by atoms with Crippen LogP contribution in [0.5, 0.6) is 0 Å². The second kappa shape index (κ2) is 4.92. The summed E-state index contributed by atoms with van der Waals surface area (Å²) < 4.78 is 0. The fourth-order valence-corrected chi connectivity index (χ4v) is 1.99. The zero-order valence-electron chi connectivity index (χ0n) is 9.01. The van der Waals surface area contributed by atoms with Crippen LogP contribution in [0.25, 0.3) is 0 Å². The fraction of sp³-hybridized carbons (Fsp3) is 0.0909. The molecule has 86 valence electrons. The molecule has 2 rings (SSSR count). The molecule has 0 aromatic carbocycles. The number of nitrogens with zero attached hydrogens (tertiary/aromatic N) is 2. The van der Waals surface area contributed by atoms with Crippen molar-refractivity contribution in [2.45, 2.75) is 12.1 Å². The molecule has 5 nitrogen and oxygen atoms in total. The van der Waals surface area contributed by atoms with Crippen LogP contribution in [-0.4, -0.2) is 20.1 Å². The summed E-state index contributed by atoms with van der Waals surface area (Å²) in [7, 11) is 0. The zero-order chi connectivity index (χ0) is 12.3. The Balaban J connectivity index is 2.22. The minimum Gasteiger partial charge on any atom is -0.301 e. The van der Waals surface area contributed by atoms with Crippen LogP contribution in [-0.2, 0) is 0 Å². The van der Waals surface area contributed by atoms with Crippen LogP contribution in [0.2, 0.25) is 0 Å². The average Bonchev–Trinajstić information content (AvgIpc) is 2.28. The Bertz CT molecular complexity index is 595. The molecule has 0 atom stereocenters. The molecule has 0 spiro atoms. The Kier molecular flexibility index (Phi) is 3.34. The Morgan fingerprint density at radius 2 is 2.29 bits per heavy atom. The molecule has 0 aliphatic rings. The standard InChI is InChI=1S/C11H9N3O2S/c1-7-5-9(15)14-11(13-7)17-10(16)8-3-2-4-12-6-8/h2-6H,1H3,(H,13,14,15). The minimum absolute atomic E-state index is 0.202. The SMILES string of the molecule is Cc1cc(=O)[nH]c(SC(=O)c2cccnc2)n1. The number of aryl methyl sites for hydroxylation is 1. The molecule has 0 bridgehead atoms. The molecule has 1 N–H and O–H groups in total. The van der Waals surface area contributed by atoms with Crippen molar-refractivity contribution in [2.24, 2.45) is 0 Å². The summed E-state index contributed by atoms with van der Waals surface area (Å²) in [5, 5.41) is 0.0932. The van der Waals surface area contributed by atoms with Crippen LogP contribution in [0.4, 0.5) is 0 Å². The number of aromatic amines is 1. The number of nitrogens with one attached hydrogen (secondary N) is 1. The number of hydrogen-bond donors (Lipinski definition) is 1. The van der Waals surface area contributed by atoms with Crippen molar-refractivity contribution in [3.05, 3.63) is 52.2 Å².